The van der Waals surface area contributed by atoms with Crippen LogP contribution in [0.1, 0.15) is 16.1 Å². The molecule has 0 aliphatic carbocycles. The molecule has 0 saturated carbocycles. The quantitative estimate of drug-likeness (QED) is 0.576. The SMILES string of the molecule is COc1ccc(CNC(=O)c2nnsc2NC(=O)N2CCN(c3ncccn3)CC2)cc1. The van der Waals surface area contributed by atoms with E-state index in [1.165, 1.54) is 0 Å². The number of hydrogen-bond donors (Lipinski definition) is 2. The summed E-state index contributed by atoms with van der Waals surface area (Å²) in [5, 5.41) is 9.76. The highest BCUT2D eigenvalue weighted by Gasteiger charge is 2.25. The van der Waals surface area contributed by atoms with E-state index in [9.17, 15) is 9.59 Å². The second-order valence-corrected chi connectivity index (χ2v) is 7.69. The van der Waals surface area contributed by atoms with Crippen LogP contribution in [0.3, 0.4) is 0 Å². The number of ether oxygens (including phenoxy) is 1. The van der Waals surface area contributed by atoms with E-state index < -0.39 is 5.91 Å². The van der Waals surface area contributed by atoms with E-state index in [0.717, 1.165) is 22.8 Å². The molecule has 0 bridgehead atoms. The van der Waals surface area contributed by atoms with Gasteiger partial charge in [0.25, 0.3) is 5.91 Å². The molecule has 3 aromatic rings. The van der Waals surface area contributed by atoms with Crippen molar-refractivity contribution in [2.75, 3.05) is 43.5 Å². The minimum Gasteiger partial charge on any atom is -0.497 e. The zero-order chi connectivity index (χ0) is 22.3. The average molecular weight is 455 g/mol. The number of carbonyl (C=O) groups is 2. The highest BCUT2D eigenvalue weighted by molar-refractivity contribution is 7.10. The summed E-state index contributed by atoms with van der Waals surface area (Å²) in [7, 11) is 1.60. The number of hydrogen-bond acceptors (Lipinski definition) is 9. The summed E-state index contributed by atoms with van der Waals surface area (Å²) in [5.41, 5.74) is 1.00. The molecular weight excluding hydrogens is 432 g/mol. The molecule has 0 unspecified atom stereocenters. The predicted molar refractivity (Wildman–Crippen MR) is 119 cm³/mol. The van der Waals surface area contributed by atoms with Crippen molar-refractivity contribution in [1.29, 1.82) is 0 Å². The first-order valence-electron chi connectivity index (χ1n) is 9.95. The molecular formula is C20H22N8O3S. The van der Waals surface area contributed by atoms with E-state index in [4.69, 9.17) is 4.74 Å². The first-order valence-corrected chi connectivity index (χ1v) is 10.7. The first kappa shape index (κ1) is 21.4. The summed E-state index contributed by atoms with van der Waals surface area (Å²) in [6, 6.07) is 8.83. The van der Waals surface area contributed by atoms with Gasteiger partial charge in [0.2, 0.25) is 5.95 Å². The molecule has 1 aromatic carbocycles. The lowest BCUT2D eigenvalue weighted by Crippen LogP contribution is -2.50. The normalized spacial score (nSPS) is 13.5. The molecule has 2 aromatic heterocycles. The predicted octanol–water partition coefficient (Wildman–Crippen LogP) is 1.62. The van der Waals surface area contributed by atoms with Crippen LogP contribution in [0, 0.1) is 0 Å². The molecule has 1 aliphatic heterocycles. The third-order valence-electron chi connectivity index (χ3n) is 4.94. The molecule has 11 nitrogen and oxygen atoms in total. The number of nitrogens with zero attached hydrogens (tertiary/aromatic N) is 6. The molecule has 166 valence electrons. The summed E-state index contributed by atoms with van der Waals surface area (Å²) in [5.74, 6) is 0.983. The van der Waals surface area contributed by atoms with Crippen molar-refractivity contribution in [3.63, 3.8) is 0 Å². The van der Waals surface area contributed by atoms with Crippen LogP contribution >= 0.6 is 11.5 Å². The Morgan fingerprint density at radius 2 is 1.81 bits per heavy atom. The first-order chi connectivity index (χ1) is 15.6. The van der Waals surface area contributed by atoms with Crippen molar-refractivity contribution in [3.8, 4) is 5.75 Å². The topological polar surface area (TPSA) is 125 Å². The van der Waals surface area contributed by atoms with Gasteiger partial charge in [-0.2, -0.15) is 0 Å². The summed E-state index contributed by atoms with van der Waals surface area (Å²) in [4.78, 5) is 37.4. The largest absolute Gasteiger partial charge is 0.497 e. The number of methoxy groups -OCH3 is 1. The number of anilines is 2. The van der Waals surface area contributed by atoms with Gasteiger partial charge in [-0.15, -0.1) is 5.10 Å². The number of nitrogens with one attached hydrogen (secondary N) is 2. The van der Waals surface area contributed by atoms with Gasteiger partial charge in [0.1, 0.15) is 5.75 Å². The Labute approximate surface area is 188 Å². The molecule has 4 rings (SSSR count). The summed E-state index contributed by atoms with van der Waals surface area (Å²) >= 11 is 0.967. The summed E-state index contributed by atoms with van der Waals surface area (Å²) in [6.07, 6.45) is 3.39. The van der Waals surface area contributed by atoms with E-state index in [-0.39, 0.29) is 11.7 Å². The average Bonchev–Trinajstić information content (AvgIpc) is 3.31. The van der Waals surface area contributed by atoms with Gasteiger partial charge in [-0.25, -0.2) is 14.8 Å². The number of rotatable bonds is 6. The van der Waals surface area contributed by atoms with Crippen molar-refractivity contribution in [2.45, 2.75) is 6.54 Å². The standard InChI is InChI=1S/C20H22N8O3S/c1-31-15-5-3-14(4-6-15)13-23-17(29)16-18(32-26-25-16)24-20(30)28-11-9-27(10-12-28)19-21-7-2-8-22-19/h2-8H,9-13H2,1H3,(H,23,29)(H,24,30). The van der Waals surface area contributed by atoms with Crippen LogP contribution in [0.2, 0.25) is 0 Å². The molecule has 32 heavy (non-hydrogen) atoms. The van der Waals surface area contributed by atoms with Gasteiger partial charge in [-0.1, -0.05) is 16.6 Å². The van der Waals surface area contributed by atoms with Crippen molar-refractivity contribution in [3.05, 3.63) is 54.0 Å². The molecule has 3 heterocycles. The maximum absolute atomic E-state index is 12.7. The van der Waals surface area contributed by atoms with E-state index >= 15 is 0 Å². The Morgan fingerprint density at radius 3 is 2.50 bits per heavy atom. The zero-order valence-corrected chi connectivity index (χ0v) is 18.2. The van der Waals surface area contributed by atoms with Crippen molar-refractivity contribution in [1.82, 2.24) is 29.8 Å². The zero-order valence-electron chi connectivity index (χ0n) is 17.4. The van der Waals surface area contributed by atoms with Crippen molar-refractivity contribution < 1.29 is 14.3 Å². The molecule has 0 radical (unpaired) electrons. The molecule has 1 fully saturated rings. The van der Waals surface area contributed by atoms with Crippen molar-refractivity contribution >= 4 is 34.4 Å². The van der Waals surface area contributed by atoms with Gasteiger partial charge in [0.05, 0.1) is 7.11 Å². The van der Waals surface area contributed by atoms with Crippen LogP contribution in [0.5, 0.6) is 5.75 Å². The van der Waals surface area contributed by atoms with Crippen LogP contribution in [0.25, 0.3) is 0 Å². The Morgan fingerprint density at radius 1 is 1.09 bits per heavy atom. The minimum atomic E-state index is -0.407. The Bertz CT molecular complexity index is 1050. The number of urea groups is 1. The Kier molecular flexibility index (Phi) is 6.70. The number of amides is 3. The summed E-state index contributed by atoms with van der Waals surface area (Å²) < 4.78 is 8.95. The summed E-state index contributed by atoms with van der Waals surface area (Å²) in [6.45, 7) is 2.57. The van der Waals surface area contributed by atoms with Crippen LogP contribution in [-0.4, -0.2) is 69.7 Å². The van der Waals surface area contributed by atoms with E-state index in [1.54, 1.807) is 30.5 Å². The number of carbonyl (C=O) groups excluding carboxylic acids is 2. The number of piperazine rings is 1. The molecule has 1 saturated heterocycles. The maximum atomic E-state index is 12.7. The van der Waals surface area contributed by atoms with Gasteiger partial charge < -0.3 is 19.9 Å². The van der Waals surface area contributed by atoms with E-state index in [1.807, 2.05) is 29.2 Å². The third-order valence-corrected chi connectivity index (χ3v) is 5.58. The fraction of sp³-hybridized carbons (Fsp3) is 0.300. The second-order valence-electron chi connectivity index (χ2n) is 6.93. The van der Waals surface area contributed by atoms with Crippen molar-refractivity contribution in [2.24, 2.45) is 0 Å². The number of benzene rings is 1. The Balaban J connectivity index is 1.30. The fourth-order valence-electron chi connectivity index (χ4n) is 3.17. The number of aromatic nitrogens is 4. The lowest BCUT2D eigenvalue weighted by atomic mass is 10.2. The molecule has 3 amide bonds. The highest BCUT2D eigenvalue weighted by atomic mass is 32.1. The van der Waals surface area contributed by atoms with Crippen LogP contribution < -0.4 is 20.3 Å². The monoisotopic (exact) mass is 454 g/mol. The van der Waals surface area contributed by atoms with Crippen LogP contribution in [0.15, 0.2) is 42.7 Å². The van der Waals surface area contributed by atoms with Gasteiger partial charge >= 0.3 is 6.03 Å². The molecule has 2 N–H and O–H groups in total. The molecule has 12 heteroatoms. The van der Waals surface area contributed by atoms with E-state index in [2.05, 4.69) is 30.2 Å². The maximum Gasteiger partial charge on any atom is 0.322 e. The molecule has 1 aliphatic rings. The minimum absolute atomic E-state index is 0.0909. The van der Waals surface area contributed by atoms with Gasteiger partial charge in [-0.3, -0.25) is 10.1 Å². The molecule has 0 atom stereocenters. The van der Waals surface area contributed by atoms with E-state index in [0.29, 0.717) is 43.7 Å². The highest BCUT2D eigenvalue weighted by Crippen LogP contribution is 2.19. The lowest BCUT2D eigenvalue weighted by Gasteiger charge is -2.34. The van der Waals surface area contributed by atoms with Crippen LogP contribution in [-0.2, 0) is 6.54 Å². The Hall–Kier alpha value is -3.80. The van der Waals surface area contributed by atoms with Gasteiger partial charge in [0.15, 0.2) is 10.7 Å². The van der Waals surface area contributed by atoms with Gasteiger partial charge in [0, 0.05) is 56.6 Å². The van der Waals surface area contributed by atoms with Crippen LogP contribution in [0.4, 0.5) is 15.7 Å². The second kappa shape index (κ2) is 10.0. The third kappa shape index (κ3) is 5.09. The molecule has 0 spiro atoms. The fourth-order valence-corrected chi connectivity index (χ4v) is 3.73. The lowest BCUT2D eigenvalue weighted by molar-refractivity contribution is 0.0946. The van der Waals surface area contributed by atoms with Gasteiger partial charge in [-0.05, 0) is 23.8 Å². The smallest absolute Gasteiger partial charge is 0.322 e.